The van der Waals surface area contributed by atoms with E-state index < -0.39 is 0 Å². The van der Waals surface area contributed by atoms with E-state index in [1.807, 2.05) is 6.92 Å². The van der Waals surface area contributed by atoms with Crippen LogP contribution in [-0.2, 0) is 6.54 Å². The second-order valence-electron chi connectivity index (χ2n) is 3.12. The van der Waals surface area contributed by atoms with Gasteiger partial charge in [-0.2, -0.15) is 5.10 Å². The van der Waals surface area contributed by atoms with E-state index in [0.29, 0.717) is 12.2 Å². The van der Waals surface area contributed by atoms with Gasteiger partial charge in [0.25, 0.3) is 0 Å². The van der Waals surface area contributed by atoms with Crippen molar-refractivity contribution >= 4 is 5.69 Å². The van der Waals surface area contributed by atoms with Crippen molar-refractivity contribution in [1.29, 1.82) is 0 Å². The van der Waals surface area contributed by atoms with E-state index in [9.17, 15) is 0 Å². The third-order valence-electron chi connectivity index (χ3n) is 1.81. The summed E-state index contributed by atoms with van der Waals surface area (Å²) in [5.74, 6) is 0. The van der Waals surface area contributed by atoms with E-state index in [1.165, 1.54) is 0 Å². The molecule has 0 fully saturated rings. The van der Waals surface area contributed by atoms with Gasteiger partial charge in [-0.1, -0.05) is 0 Å². The molecule has 0 radical (unpaired) electrons. The summed E-state index contributed by atoms with van der Waals surface area (Å²) >= 11 is 0. The molecule has 0 aliphatic carbocycles. The number of hydrogen-bond donors (Lipinski definition) is 1. The van der Waals surface area contributed by atoms with Gasteiger partial charge in [0.2, 0.25) is 0 Å². The van der Waals surface area contributed by atoms with Gasteiger partial charge in [0.15, 0.2) is 0 Å². The lowest BCUT2D eigenvalue weighted by Crippen LogP contribution is -2.02. The zero-order valence-electron chi connectivity index (χ0n) is 7.88. The number of nitrogens with zero attached hydrogens (tertiary/aromatic N) is 4. The Labute approximate surface area is 81.6 Å². The molecule has 0 spiro atoms. The molecule has 0 aliphatic rings. The van der Waals surface area contributed by atoms with Gasteiger partial charge in [0.05, 0.1) is 36.0 Å². The maximum atomic E-state index is 5.54. The third kappa shape index (κ3) is 1.87. The monoisotopic (exact) mass is 189 g/mol. The lowest BCUT2D eigenvalue weighted by molar-refractivity contribution is 0.669. The highest BCUT2D eigenvalue weighted by Gasteiger charge is 1.98. The first-order chi connectivity index (χ1) is 6.74. The first kappa shape index (κ1) is 8.68. The minimum Gasteiger partial charge on any atom is -0.396 e. The third-order valence-corrected chi connectivity index (χ3v) is 1.81. The SMILES string of the molecule is Cc1cnc(Cn2cc(N)cn2)cn1. The average Bonchev–Trinajstić information content (AvgIpc) is 2.56. The molecule has 2 aromatic heterocycles. The number of rotatable bonds is 2. The van der Waals surface area contributed by atoms with Crippen LogP contribution in [0.15, 0.2) is 24.8 Å². The Balaban J connectivity index is 2.15. The summed E-state index contributed by atoms with van der Waals surface area (Å²) in [5.41, 5.74) is 7.98. The molecular weight excluding hydrogens is 178 g/mol. The van der Waals surface area contributed by atoms with Crippen molar-refractivity contribution in [1.82, 2.24) is 19.7 Å². The molecule has 0 amide bonds. The van der Waals surface area contributed by atoms with Crippen LogP contribution in [-0.4, -0.2) is 19.7 Å². The van der Waals surface area contributed by atoms with Crippen LogP contribution in [0.4, 0.5) is 5.69 Å². The number of aromatic nitrogens is 4. The van der Waals surface area contributed by atoms with Gasteiger partial charge >= 0.3 is 0 Å². The van der Waals surface area contributed by atoms with E-state index in [2.05, 4.69) is 15.1 Å². The summed E-state index contributed by atoms with van der Waals surface area (Å²) in [6.45, 7) is 2.51. The second-order valence-corrected chi connectivity index (χ2v) is 3.12. The highest BCUT2D eigenvalue weighted by molar-refractivity contribution is 5.30. The topological polar surface area (TPSA) is 69.6 Å². The summed E-state index contributed by atoms with van der Waals surface area (Å²) in [4.78, 5) is 8.37. The van der Waals surface area contributed by atoms with E-state index in [1.54, 1.807) is 29.5 Å². The first-order valence-corrected chi connectivity index (χ1v) is 4.29. The van der Waals surface area contributed by atoms with Crippen molar-refractivity contribution in [2.24, 2.45) is 0 Å². The molecule has 0 saturated heterocycles. The Hall–Kier alpha value is -1.91. The fourth-order valence-corrected chi connectivity index (χ4v) is 1.13. The molecule has 2 heterocycles. The highest BCUT2D eigenvalue weighted by Crippen LogP contribution is 2.01. The highest BCUT2D eigenvalue weighted by atomic mass is 15.3. The molecule has 0 aromatic carbocycles. The molecule has 5 nitrogen and oxygen atoms in total. The predicted octanol–water partition coefficient (Wildman–Crippen LogP) is 0.612. The Kier molecular flexibility index (Phi) is 2.14. The average molecular weight is 189 g/mol. The van der Waals surface area contributed by atoms with Crippen LogP contribution in [0.1, 0.15) is 11.4 Å². The number of nitrogens with two attached hydrogens (primary N) is 1. The maximum Gasteiger partial charge on any atom is 0.0847 e. The van der Waals surface area contributed by atoms with Gasteiger partial charge in [-0.3, -0.25) is 14.6 Å². The minimum absolute atomic E-state index is 0.602. The second kappa shape index (κ2) is 3.45. The lowest BCUT2D eigenvalue weighted by Gasteiger charge is -2.00. The van der Waals surface area contributed by atoms with Gasteiger partial charge < -0.3 is 5.73 Å². The van der Waals surface area contributed by atoms with Gasteiger partial charge in [-0.05, 0) is 6.92 Å². The first-order valence-electron chi connectivity index (χ1n) is 4.29. The zero-order chi connectivity index (χ0) is 9.97. The quantitative estimate of drug-likeness (QED) is 0.751. The number of aryl methyl sites for hydroxylation is 1. The fourth-order valence-electron chi connectivity index (χ4n) is 1.13. The van der Waals surface area contributed by atoms with Crippen molar-refractivity contribution in [3.63, 3.8) is 0 Å². The van der Waals surface area contributed by atoms with Crippen LogP contribution in [0.5, 0.6) is 0 Å². The van der Waals surface area contributed by atoms with E-state index in [-0.39, 0.29) is 0 Å². The largest absolute Gasteiger partial charge is 0.396 e. The normalized spacial score (nSPS) is 10.4. The molecule has 2 aromatic rings. The molecule has 0 bridgehead atoms. The van der Waals surface area contributed by atoms with Crippen LogP contribution >= 0.6 is 0 Å². The molecule has 0 atom stereocenters. The molecular formula is C9H11N5. The van der Waals surface area contributed by atoms with Crippen LogP contribution in [0, 0.1) is 6.92 Å². The van der Waals surface area contributed by atoms with Gasteiger partial charge in [-0.15, -0.1) is 0 Å². The van der Waals surface area contributed by atoms with Crippen molar-refractivity contribution in [3.8, 4) is 0 Å². The summed E-state index contributed by atoms with van der Waals surface area (Å²) in [7, 11) is 0. The van der Waals surface area contributed by atoms with Gasteiger partial charge in [-0.25, -0.2) is 0 Å². The van der Waals surface area contributed by atoms with Crippen LogP contribution < -0.4 is 5.73 Å². The zero-order valence-corrected chi connectivity index (χ0v) is 7.88. The standard InChI is InChI=1S/C9H11N5/c1-7-2-12-9(4-11-7)6-14-5-8(10)3-13-14/h2-5H,6,10H2,1H3. The van der Waals surface area contributed by atoms with E-state index in [0.717, 1.165) is 11.4 Å². The molecule has 5 heteroatoms. The Morgan fingerprint density at radius 2 is 2.14 bits per heavy atom. The summed E-state index contributed by atoms with van der Waals surface area (Å²) < 4.78 is 1.73. The van der Waals surface area contributed by atoms with E-state index in [4.69, 9.17) is 5.73 Å². The smallest absolute Gasteiger partial charge is 0.0847 e. The van der Waals surface area contributed by atoms with Gasteiger partial charge in [0.1, 0.15) is 0 Å². The lowest BCUT2D eigenvalue weighted by atomic mass is 10.4. The predicted molar refractivity (Wildman–Crippen MR) is 52.5 cm³/mol. The van der Waals surface area contributed by atoms with Gasteiger partial charge in [0, 0.05) is 12.4 Å². The Morgan fingerprint density at radius 3 is 2.71 bits per heavy atom. The van der Waals surface area contributed by atoms with Crippen LogP contribution in [0.2, 0.25) is 0 Å². The van der Waals surface area contributed by atoms with Crippen molar-refractivity contribution < 1.29 is 0 Å². The van der Waals surface area contributed by atoms with E-state index >= 15 is 0 Å². The number of hydrogen-bond acceptors (Lipinski definition) is 4. The molecule has 72 valence electrons. The van der Waals surface area contributed by atoms with Crippen molar-refractivity contribution in [2.75, 3.05) is 5.73 Å². The van der Waals surface area contributed by atoms with Crippen molar-refractivity contribution in [3.05, 3.63) is 36.2 Å². The molecule has 0 saturated carbocycles. The molecule has 2 rings (SSSR count). The molecule has 14 heavy (non-hydrogen) atoms. The molecule has 0 unspecified atom stereocenters. The number of anilines is 1. The maximum absolute atomic E-state index is 5.54. The van der Waals surface area contributed by atoms with Crippen LogP contribution in [0.3, 0.4) is 0 Å². The summed E-state index contributed by atoms with van der Waals surface area (Å²) in [5, 5.41) is 4.06. The number of nitrogen functional groups attached to an aromatic ring is 1. The molecule has 0 aliphatic heterocycles. The summed E-state index contributed by atoms with van der Waals surface area (Å²) in [6.07, 6.45) is 6.86. The Bertz CT molecular complexity index is 417. The molecule has 2 N–H and O–H groups in total. The fraction of sp³-hybridized carbons (Fsp3) is 0.222. The minimum atomic E-state index is 0.602. The van der Waals surface area contributed by atoms with Crippen LogP contribution in [0.25, 0.3) is 0 Å². The summed E-state index contributed by atoms with van der Waals surface area (Å²) in [6, 6.07) is 0. The Morgan fingerprint density at radius 1 is 1.29 bits per heavy atom. The van der Waals surface area contributed by atoms with Crippen molar-refractivity contribution in [2.45, 2.75) is 13.5 Å².